The third-order valence-corrected chi connectivity index (χ3v) is 6.80. The van der Waals surface area contributed by atoms with Crippen LogP contribution in [0.1, 0.15) is 35.4 Å². The number of benzene rings is 2. The third-order valence-electron chi connectivity index (χ3n) is 5.82. The van der Waals surface area contributed by atoms with E-state index in [-0.39, 0.29) is 18.3 Å². The number of carbonyl (C=O) groups excluding carboxylic acids is 1. The lowest BCUT2D eigenvalue weighted by Gasteiger charge is -2.38. The molecule has 0 bridgehead atoms. The molecule has 2 atom stereocenters. The van der Waals surface area contributed by atoms with Crippen molar-refractivity contribution in [2.24, 2.45) is 5.92 Å². The molecule has 1 aliphatic heterocycles. The van der Waals surface area contributed by atoms with Gasteiger partial charge in [-0.05, 0) is 53.6 Å². The zero-order valence-corrected chi connectivity index (χ0v) is 19.8. The van der Waals surface area contributed by atoms with Crippen molar-refractivity contribution >= 4 is 16.1 Å². The molecular weight excluding hydrogens is 516 g/mol. The van der Waals surface area contributed by atoms with Crippen LogP contribution in [-0.2, 0) is 32.4 Å². The van der Waals surface area contributed by atoms with Gasteiger partial charge >= 0.3 is 27.8 Å². The van der Waals surface area contributed by atoms with Gasteiger partial charge in [0.25, 0.3) is 0 Å². The van der Waals surface area contributed by atoms with Gasteiger partial charge in [0, 0.05) is 26.1 Å². The van der Waals surface area contributed by atoms with E-state index in [0.717, 1.165) is 24.3 Å². The second-order valence-electron chi connectivity index (χ2n) is 8.52. The molecule has 0 spiro atoms. The number of hydrogen-bond donors (Lipinski definition) is 0. The summed E-state index contributed by atoms with van der Waals surface area (Å²) in [5.41, 5.74) is -5.00. The Hall–Kier alpha value is -2.80. The van der Waals surface area contributed by atoms with Crippen LogP contribution in [0.4, 0.5) is 26.3 Å². The van der Waals surface area contributed by atoms with Crippen molar-refractivity contribution in [3.63, 3.8) is 0 Å². The standard InChI is InChI=1S/C23H23F6NO5S/c1-34-21(31)11-16-10-18(17-4-8-20(9-5-17)35-36(32,33)23(27,28)29)14-30(13-16)12-15-2-6-19(7-3-15)22(24,25)26/h2-9,16,18H,10-14H2,1H3/t16-,18+/m0/s1. The Kier molecular flexibility index (Phi) is 8.23. The number of alkyl halides is 6. The van der Waals surface area contributed by atoms with Crippen molar-refractivity contribution in [2.75, 3.05) is 20.2 Å². The molecular formula is C23H23F6NO5S. The lowest BCUT2D eigenvalue weighted by molar-refractivity contribution is -0.142. The number of ether oxygens (including phenoxy) is 1. The van der Waals surface area contributed by atoms with Gasteiger partial charge in [0.1, 0.15) is 5.75 Å². The van der Waals surface area contributed by atoms with E-state index in [0.29, 0.717) is 37.2 Å². The zero-order valence-electron chi connectivity index (χ0n) is 19.0. The highest BCUT2D eigenvalue weighted by atomic mass is 32.2. The smallest absolute Gasteiger partial charge is 0.469 e. The molecule has 0 radical (unpaired) electrons. The van der Waals surface area contributed by atoms with Crippen LogP contribution in [0.15, 0.2) is 48.5 Å². The largest absolute Gasteiger partial charge is 0.534 e. The molecule has 0 amide bonds. The number of likely N-dealkylation sites (tertiary alicyclic amines) is 1. The molecule has 1 heterocycles. The van der Waals surface area contributed by atoms with E-state index < -0.39 is 39.1 Å². The predicted molar refractivity (Wildman–Crippen MR) is 116 cm³/mol. The third kappa shape index (κ3) is 7.12. The van der Waals surface area contributed by atoms with Crippen LogP contribution in [0.25, 0.3) is 0 Å². The second-order valence-corrected chi connectivity index (χ2v) is 10.1. The van der Waals surface area contributed by atoms with E-state index in [1.54, 1.807) is 0 Å². The molecule has 0 unspecified atom stereocenters. The first-order valence-corrected chi connectivity index (χ1v) is 12.1. The molecule has 13 heteroatoms. The minimum Gasteiger partial charge on any atom is -0.469 e. The van der Waals surface area contributed by atoms with Crippen molar-refractivity contribution in [1.29, 1.82) is 0 Å². The molecule has 198 valence electrons. The molecule has 1 aliphatic rings. The van der Waals surface area contributed by atoms with E-state index in [1.807, 2.05) is 4.90 Å². The van der Waals surface area contributed by atoms with Gasteiger partial charge < -0.3 is 8.92 Å². The molecule has 6 nitrogen and oxygen atoms in total. The summed E-state index contributed by atoms with van der Waals surface area (Å²) in [5.74, 6) is -1.25. The van der Waals surface area contributed by atoms with Crippen molar-refractivity contribution in [3.05, 3.63) is 65.2 Å². The van der Waals surface area contributed by atoms with Crippen LogP contribution in [0.3, 0.4) is 0 Å². The van der Waals surface area contributed by atoms with Crippen LogP contribution in [-0.4, -0.2) is 45.0 Å². The van der Waals surface area contributed by atoms with Crippen LogP contribution in [0.5, 0.6) is 5.75 Å². The Morgan fingerprint density at radius 3 is 2.11 bits per heavy atom. The van der Waals surface area contributed by atoms with Gasteiger partial charge in [-0.25, -0.2) is 0 Å². The summed E-state index contributed by atoms with van der Waals surface area (Å²) in [4.78, 5) is 13.8. The number of rotatable bonds is 7. The molecule has 0 aromatic heterocycles. The molecule has 1 saturated heterocycles. The van der Waals surface area contributed by atoms with Gasteiger partial charge in [0.2, 0.25) is 0 Å². The number of nitrogens with zero attached hydrogens (tertiary/aromatic N) is 1. The minimum absolute atomic E-state index is 0.113. The Bertz CT molecular complexity index is 1150. The van der Waals surface area contributed by atoms with Gasteiger partial charge in [-0.2, -0.15) is 34.8 Å². The van der Waals surface area contributed by atoms with Gasteiger partial charge in [-0.15, -0.1) is 0 Å². The van der Waals surface area contributed by atoms with Gasteiger partial charge in [-0.3, -0.25) is 9.69 Å². The highest BCUT2D eigenvalue weighted by molar-refractivity contribution is 7.88. The zero-order chi connectivity index (χ0) is 26.7. The molecule has 0 aliphatic carbocycles. The SMILES string of the molecule is COC(=O)C[C@@H]1C[C@@H](c2ccc(OS(=O)(=O)C(F)(F)F)cc2)CN(Cc2ccc(C(F)(F)F)cc2)C1. The first-order chi connectivity index (χ1) is 16.7. The average Bonchev–Trinajstić information content (AvgIpc) is 2.78. The predicted octanol–water partition coefficient (Wildman–Crippen LogP) is 5.10. The van der Waals surface area contributed by atoms with E-state index in [2.05, 4.69) is 4.18 Å². The summed E-state index contributed by atoms with van der Waals surface area (Å²) in [7, 11) is -4.54. The van der Waals surface area contributed by atoms with Crippen LogP contribution < -0.4 is 4.18 Å². The maximum atomic E-state index is 12.8. The Morgan fingerprint density at radius 2 is 1.58 bits per heavy atom. The van der Waals surface area contributed by atoms with Gasteiger partial charge in [0.15, 0.2) is 0 Å². The highest BCUT2D eigenvalue weighted by Crippen LogP contribution is 2.35. The molecule has 36 heavy (non-hydrogen) atoms. The summed E-state index contributed by atoms with van der Waals surface area (Å²) in [5, 5.41) is 0. The molecule has 0 saturated carbocycles. The Balaban J connectivity index is 1.76. The maximum absolute atomic E-state index is 12.8. The summed E-state index contributed by atoms with van der Waals surface area (Å²) >= 11 is 0. The van der Waals surface area contributed by atoms with Crippen molar-refractivity contribution in [3.8, 4) is 5.75 Å². The number of hydrogen-bond acceptors (Lipinski definition) is 6. The van der Waals surface area contributed by atoms with E-state index in [9.17, 15) is 39.6 Å². The van der Waals surface area contributed by atoms with Crippen molar-refractivity contribution in [1.82, 2.24) is 4.90 Å². The van der Waals surface area contributed by atoms with Gasteiger partial charge in [0.05, 0.1) is 12.7 Å². The molecule has 3 rings (SSSR count). The highest BCUT2D eigenvalue weighted by Gasteiger charge is 2.48. The number of halogens is 6. The summed E-state index contributed by atoms with van der Waals surface area (Å²) < 4.78 is 108. The normalized spacial score (nSPS) is 19.6. The van der Waals surface area contributed by atoms with Crippen LogP contribution >= 0.6 is 0 Å². The van der Waals surface area contributed by atoms with Crippen LogP contribution in [0.2, 0.25) is 0 Å². The molecule has 1 fully saturated rings. The summed E-state index contributed by atoms with van der Waals surface area (Å²) in [6, 6.07) is 9.88. The molecule has 2 aromatic carbocycles. The fraction of sp³-hybridized carbons (Fsp3) is 0.435. The quantitative estimate of drug-likeness (QED) is 0.211. The Labute approximate surface area is 203 Å². The first kappa shape index (κ1) is 27.8. The lowest BCUT2D eigenvalue weighted by atomic mass is 9.83. The lowest BCUT2D eigenvalue weighted by Crippen LogP contribution is -2.40. The van der Waals surface area contributed by atoms with E-state index in [4.69, 9.17) is 4.74 Å². The maximum Gasteiger partial charge on any atom is 0.534 e. The van der Waals surface area contributed by atoms with E-state index >= 15 is 0 Å². The Morgan fingerprint density at radius 1 is 0.972 bits per heavy atom. The number of carbonyl (C=O) groups is 1. The molecule has 0 N–H and O–H groups in total. The number of piperidine rings is 1. The average molecular weight is 539 g/mol. The van der Waals surface area contributed by atoms with Crippen LogP contribution in [0, 0.1) is 5.92 Å². The first-order valence-electron chi connectivity index (χ1n) is 10.7. The number of methoxy groups -OCH3 is 1. The van der Waals surface area contributed by atoms with Crippen molar-refractivity contribution in [2.45, 2.75) is 37.0 Å². The fourth-order valence-corrected chi connectivity index (χ4v) is 4.63. The summed E-state index contributed by atoms with van der Waals surface area (Å²) in [6.07, 6.45) is -3.79. The van der Waals surface area contributed by atoms with Gasteiger partial charge in [-0.1, -0.05) is 24.3 Å². The molecule has 2 aromatic rings. The fourth-order valence-electron chi connectivity index (χ4n) is 4.17. The monoisotopic (exact) mass is 539 g/mol. The minimum atomic E-state index is -5.80. The van der Waals surface area contributed by atoms with E-state index in [1.165, 1.54) is 31.4 Å². The van der Waals surface area contributed by atoms with Crippen molar-refractivity contribution < 1.29 is 48.5 Å². The second kappa shape index (κ2) is 10.7. The topological polar surface area (TPSA) is 72.9 Å². The number of esters is 1. The summed E-state index contributed by atoms with van der Waals surface area (Å²) in [6.45, 7) is 1.26.